The third-order valence-electron chi connectivity index (χ3n) is 6.56. The molecule has 0 aromatic heterocycles. The molecule has 2 aromatic rings. The maximum atomic E-state index is 13.3. The standard InChI is InChI=1S/C26H33N3O5S/c1-2-21(16-20-10-6-5-7-11-20)27-25(30)18-29-23-17-22(12-13-24(23)34-19-26(29)31)35(32,33)28-14-8-3-4-9-15-28/h5-7,10-13,17,21H,2-4,8-9,14-16,18-19H2,1H3,(H,27,30)/t21-/m0/s1. The Labute approximate surface area is 207 Å². The van der Waals surface area contributed by atoms with E-state index in [-0.39, 0.29) is 35.9 Å². The second-order valence-corrected chi connectivity index (χ2v) is 11.0. The summed E-state index contributed by atoms with van der Waals surface area (Å²) in [7, 11) is -3.71. The molecule has 1 fully saturated rings. The molecule has 0 bridgehead atoms. The average molecular weight is 500 g/mol. The van der Waals surface area contributed by atoms with Gasteiger partial charge in [-0.25, -0.2) is 8.42 Å². The van der Waals surface area contributed by atoms with Gasteiger partial charge in [0.1, 0.15) is 12.3 Å². The molecule has 2 aliphatic rings. The Morgan fingerprint density at radius 1 is 1.06 bits per heavy atom. The molecule has 0 unspecified atom stereocenters. The zero-order chi connectivity index (χ0) is 24.8. The third-order valence-corrected chi connectivity index (χ3v) is 8.46. The van der Waals surface area contributed by atoms with Gasteiger partial charge in [-0.1, -0.05) is 50.1 Å². The van der Waals surface area contributed by atoms with Gasteiger partial charge in [-0.2, -0.15) is 4.31 Å². The van der Waals surface area contributed by atoms with Crippen LogP contribution in [-0.2, 0) is 26.0 Å². The van der Waals surface area contributed by atoms with E-state index in [0.717, 1.165) is 37.7 Å². The number of carbonyl (C=O) groups excluding carboxylic acids is 2. The highest BCUT2D eigenvalue weighted by atomic mass is 32.2. The molecule has 0 saturated carbocycles. The Morgan fingerprint density at radius 3 is 2.46 bits per heavy atom. The van der Waals surface area contributed by atoms with Crippen LogP contribution in [0.2, 0.25) is 0 Å². The van der Waals surface area contributed by atoms with Crippen molar-refractivity contribution >= 4 is 27.5 Å². The van der Waals surface area contributed by atoms with Crippen molar-refractivity contribution in [3.05, 3.63) is 54.1 Å². The van der Waals surface area contributed by atoms with Crippen molar-refractivity contribution in [1.29, 1.82) is 0 Å². The molecule has 1 atom stereocenters. The summed E-state index contributed by atoms with van der Waals surface area (Å²) in [5, 5.41) is 3.02. The molecule has 0 spiro atoms. The summed E-state index contributed by atoms with van der Waals surface area (Å²) >= 11 is 0. The van der Waals surface area contributed by atoms with Crippen molar-refractivity contribution in [3.63, 3.8) is 0 Å². The van der Waals surface area contributed by atoms with E-state index >= 15 is 0 Å². The predicted octanol–water partition coefficient (Wildman–Crippen LogP) is 3.11. The number of sulfonamides is 1. The molecule has 0 aliphatic carbocycles. The van der Waals surface area contributed by atoms with Crippen LogP contribution < -0.4 is 15.0 Å². The summed E-state index contributed by atoms with van der Waals surface area (Å²) < 4.78 is 33.6. The molecule has 188 valence electrons. The maximum absolute atomic E-state index is 13.3. The van der Waals surface area contributed by atoms with Gasteiger partial charge in [0.15, 0.2) is 6.61 Å². The summed E-state index contributed by atoms with van der Waals surface area (Å²) in [6.07, 6.45) is 5.13. The Hall–Kier alpha value is -2.91. The normalized spacial score (nSPS) is 17.7. The smallest absolute Gasteiger partial charge is 0.265 e. The molecule has 9 heteroatoms. The van der Waals surface area contributed by atoms with Crippen LogP contribution in [0.15, 0.2) is 53.4 Å². The molecule has 2 heterocycles. The van der Waals surface area contributed by atoms with Crippen molar-refractivity contribution in [1.82, 2.24) is 9.62 Å². The first-order valence-corrected chi connectivity index (χ1v) is 13.7. The van der Waals surface area contributed by atoms with E-state index in [4.69, 9.17) is 4.74 Å². The Morgan fingerprint density at radius 2 is 1.77 bits per heavy atom. The topological polar surface area (TPSA) is 96.0 Å². The van der Waals surface area contributed by atoms with Crippen LogP contribution >= 0.6 is 0 Å². The number of hydrogen-bond acceptors (Lipinski definition) is 5. The largest absolute Gasteiger partial charge is 0.482 e. The van der Waals surface area contributed by atoms with Gasteiger partial charge in [0.25, 0.3) is 5.91 Å². The first-order valence-electron chi connectivity index (χ1n) is 12.3. The number of fused-ring (bicyclic) bond motifs is 1. The lowest BCUT2D eigenvalue weighted by Gasteiger charge is -2.30. The van der Waals surface area contributed by atoms with Crippen LogP contribution in [0, 0.1) is 0 Å². The van der Waals surface area contributed by atoms with Gasteiger partial charge in [0.2, 0.25) is 15.9 Å². The van der Waals surface area contributed by atoms with Crippen molar-refractivity contribution in [2.75, 3.05) is 31.1 Å². The Balaban J connectivity index is 1.51. The number of benzene rings is 2. The fourth-order valence-corrected chi connectivity index (χ4v) is 6.10. The molecule has 1 saturated heterocycles. The number of nitrogens with one attached hydrogen (secondary N) is 1. The van der Waals surface area contributed by atoms with E-state index in [1.54, 1.807) is 6.07 Å². The van der Waals surface area contributed by atoms with E-state index in [2.05, 4.69) is 5.32 Å². The summed E-state index contributed by atoms with van der Waals surface area (Å²) in [6, 6.07) is 14.4. The summed E-state index contributed by atoms with van der Waals surface area (Å²) in [5.41, 5.74) is 1.43. The van der Waals surface area contributed by atoms with Gasteiger partial charge in [-0.15, -0.1) is 0 Å². The monoisotopic (exact) mass is 499 g/mol. The first-order chi connectivity index (χ1) is 16.9. The Bertz CT molecular complexity index is 1140. The summed E-state index contributed by atoms with van der Waals surface area (Å²) in [6.45, 7) is 2.58. The molecule has 1 N–H and O–H groups in total. The molecule has 4 rings (SSSR count). The SMILES string of the molecule is CC[C@@H](Cc1ccccc1)NC(=O)CN1C(=O)COc2ccc(S(=O)(=O)N3CCCCCC3)cc21. The lowest BCUT2D eigenvalue weighted by molar-refractivity contribution is -0.125. The van der Waals surface area contributed by atoms with E-state index in [9.17, 15) is 18.0 Å². The number of carbonyl (C=O) groups is 2. The maximum Gasteiger partial charge on any atom is 0.265 e. The van der Waals surface area contributed by atoms with Gasteiger partial charge in [0, 0.05) is 19.1 Å². The predicted molar refractivity (Wildman–Crippen MR) is 134 cm³/mol. The first kappa shape index (κ1) is 25.2. The zero-order valence-corrected chi connectivity index (χ0v) is 20.9. The van der Waals surface area contributed by atoms with Gasteiger partial charge in [0.05, 0.1) is 10.6 Å². The van der Waals surface area contributed by atoms with Crippen LogP contribution in [0.4, 0.5) is 5.69 Å². The van der Waals surface area contributed by atoms with Crippen LogP contribution in [0.3, 0.4) is 0 Å². The number of anilines is 1. The van der Waals surface area contributed by atoms with E-state index in [1.165, 1.54) is 21.3 Å². The van der Waals surface area contributed by atoms with Gasteiger partial charge in [-0.3, -0.25) is 14.5 Å². The molecule has 0 radical (unpaired) electrons. The number of rotatable bonds is 8. The number of amides is 2. The second-order valence-electron chi connectivity index (χ2n) is 9.08. The van der Waals surface area contributed by atoms with Crippen molar-refractivity contribution in [3.8, 4) is 5.75 Å². The second kappa shape index (κ2) is 11.2. The summed E-state index contributed by atoms with van der Waals surface area (Å²) in [5.74, 6) is -0.286. The van der Waals surface area contributed by atoms with Crippen LogP contribution in [-0.4, -0.2) is 56.8 Å². The van der Waals surface area contributed by atoms with E-state index < -0.39 is 10.0 Å². The molecule has 35 heavy (non-hydrogen) atoms. The van der Waals surface area contributed by atoms with Crippen molar-refractivity contribution in [2.24, 2.45) is 0 Å². The van der Waals surface area contributed by atoms with E-state index in [1.807, 2.05) is 37.3 Å². The highest BCUT2D eigenvalue weighted by Gasteiger charge is 2.31. The zero-order valence-electron chi connectivity index (χ0n) is 20.1. The molecule has 2 amide bonds. The molecule has 2 aliphatic heterocycles. The van der Waals surface area contributed by atoms with Crippen LogP contribution in [0.5, 0.6) is 5.75 Å². The lowest BCUT2D eigenvalue weighted by Crippen LogP contribution is -2.47. The van der Waals surface area contributed by atoms with Crippen molar-refractivity contribution < 1.29 is 22.7 Å². The minimum Gasteiger partial charge on any atom is -0.482 e. The molecule has 8 nitrogen and oxygen atoms in total. The number of ether oxygens (including phenoxy) is 1. The fraction of sp³-hybridized carbons (Fsp3) is 0.462. The summed E-state index contributed by atoms with van der Waals surface area (Å²) in [4.78, 5) is 27.1. The minimum atomic E-state index is -3.71. The van der Waals surface area contributed by atoms with Crippen LogP contribution in [0.1, 0.15) is 44.6 Å². The minimum absolute atomic E-state index is 0.0738. The van der Waals surface area contributed by atoms with E-state index in [0.29, 0.717) is 30.9 Å². The third kappa shape index (κ3) is 6.02. The number of hydrogen-bond donors (Lipinski definition) is 1. The quantitative estimate of drug-likeness (QED) is 0.602. The molecular weight excluding hydrogens is 466 g/mol. The Kier molecular flexibility index (Phi) is 8.07. The van der Waals surface area contributed by atoms with Gasteiger partial charge < -0.3 is 10.1 Å². The highest BCUT2D eigenvalue weighted by molar-refractivity contribution is 7.89. The van der Waals surface area contributed by atoms with Gasteiger partial charge >= 0.3 is 0 Å². The average Bonchev–Trinajstić information content (AvgIpc) is 3.16. The lowest BCUT2D eigenvalue weighted by atomic mass is 10.0. The molecular formula is C26H33N3O5S. The molecule has 2 aromatic carbocycles. The van der Waals surface area contributed by atoms with Gasteiger partial charge in [-0.05, 0) is 49.4 Å². The highest BCUT2D eigenvalue weighted by Crippen LogP contribution is 2.35. The fourth-order valence-electron chi connectivity index (χ4n) is 4.56. The van der Waals surface area contributed by atoms with Crippen molar-refractivity contribution in [2.45, 2.75) is 56.4 Å². The number of nitrogens with zero attached hydrogens (tertiary/aromatic N) is 2. The van der Waals surface area contributed by atoms with Crippen LogP contribution in [0.25, 0.3) is 0 Å².